The third-order valence-electron chi connectivity index (χ3n) is 3.76. The summed E-state index contributed by atoms with van der Waals surface area (Å²) >= 11 is 0. The lowest BCUT2D eigenvalue weighted by Crippen LogP contribution is -2.60. The fraction of sp³-hybridized carbons (Fsp3) is 0.467. The minimum Gasteiger partial charge on any atom is -0.368 e. The molecule has 1 aromatic rings. The Balaban J connectivity index is 3.15. The lowest BCUT2D eigenvalue weighted by Gasteiger charge is -2.34. The van der Waals surface area contributed by atoms with Gasteiger partial charge in [-0.15, -0.1) is 0 Å². The minimum atomic E-state index is -1.13. The number of hydrogen-bond donors (Lipinski definition) is 2. The summed E-state index contributed by atoms with van der Waals surface area (Å²) in [5.74, 6) is -1.73. The molecule has 5 heteroatoms. The van der Waals surface area contributed by atoms with E-state index in [-0.39, 0.29) is 11.5 Å². The maximum Gasteiger partial charge on any atom is 0.252 e. The molecule has 0 saturated heterocycles. The van der Waals surface area contributed by atoms with Crippen LogP contribution in [-0.2, 0) is 4.79 Å². The van der Waals surface area contributed by atoms with Crippen LogP contribution in [0.5, 0.6) is 0 Å². The van der Waals surface area contributed by atoms with Gasteiger partial charge in [0.25, 0.3) is 5.91 Å². The topological polar surface area (TPSA) is 72.2 Å². The number of hydrogen-bond acceptors (Lipinski definition) is 2. The first-order chi connectivity index (χ1) is 9.24. The van der Waals surface area contributed by atoms with Gasteiger partial charge in [-0.05, 0) is 37.0 Å². The van der Waals surface area contributed by atoms with Crippen molar-refractivity contribution < 1.29 is 14.0 Å². The number of amides is 2. The minimum absolute atomic E-state index is 0.164. The highest BCUT2D eigenvalue weighted by Crippen LogP contribution is 2.22. The summed E-state index contributed by atoms with van der Waals surface area (Å²) in [5, 5.41) is 2.68. The van der Waals surface area contributed by atoms with Crippen LogP contribution in [0.4, 0.5) is 4.39 Å². The molecule has 0 fully saturated rings. The van der Waals surface area contributed by atoms with Crippen LogP contribution >= 0.6 is 0 Å². The average Bonchev–Trinajstić information content (AvgIpc) is 2.37. The fourth-order valence-corrected chi connectivity index (χ4v) is 2.27. The van der Waals surface area contributed by atoms with Crippen molar-refractivity contribution in [3.8, 4) is 0 Å². The summed E-state index contributed by atoms with van der Waals surface area (Å²) < 4.78 is 13.3. The summed E-state index contributed by atoms with van der Waals surface area (Å²) in [5.41, 5.74) is 5.17. The van der Waals surface area contributed by atoms with Gasteiger partial charge in [0.05, 0.1) is 0 Å². The summed E-state index contributed by atoms with van der Waals surface area (Å²) in [6.45, 7) is 7.12. The molecular formula is C15H21FN2O2. The van der Waals surface area contributed by atoms with E-state index < -0.39 is 23.2 Å². The van der Waals surface area contributed by atoms with Gasteiger partial charge in [0.1, 0.15) is 11.4 Å². The predicted molar refractivity (Wildman–Crippen MR) is 75.7 cm³/mol. The standard InChI is InChI=1S/C15H21FN2O2/c1-5-15(9(2)3,14(17)20)18-13(19)12-8-11(16)7-6-10(12)4/h6-9H,5H2,1-4H3,(H2,17,20)(H,18,19)/t15-/m1/s1. The first kappa shape index (κ1) is 16.1. The third-order valence-corrected chi connectivity index (χ3v) is 3.76. The molecule has 0 aliphatic carbocycles. The molecule has 1 atom stereocenters. The van der Waals surface area contributed by atoms with E-state index in [0.717, 1.165) is 6.07 Å². The number of halogens is 1. The molecule has 3 N–H and O–H groups in total. The van der Waals surface area contributed by atoms with Crippen molar-refractivity contribution in [2.45, 2.75) is 39.7 Å². The molecule has 1 aromatic carbocycles. The van der Waals surface area contributed by atoms with Gasteiger partial charge < -0.3 is 11.1 Å². The van der Waals surface area contributed by atoms with E-state index in [9.17, 15) is 14.0 Å². The van der Waals surface area contributed by atoms with Crippen LogP contribution in [0.3, 0.4) is 0 Å². The van der Waals surface area contributed by atoms with Crippen molar-refractivity contribution in [3.05, 3.63) is 35.1 Å². The second-order valence-electron chi connectivity index (χ2n) is 5.26. The molecule has 0 radical (unpaired) electrons. The number of carbonyl (C=O) groups excluding carboxylic acids is 2. The van der Waals surface area contributed by atoms with Gasteiger partial charge in [0.15, 0.2) is 0 Å². The van der Waals surface area contributed by atoms with Gasteiger partial charge in [0.2, 0.25) is 5.91 Å². The molecule has 0 aromatic heterocycles. The van der Waals surface area contributed by atoms with Crippen LogP contribution in [-0.4, -0.2) is 17.4 Å². The Morgan fingerprint density at radius 2 is 2.00 bits per heavy atom. The average molecular weight is 280 g/mol. The number of carbonyl (C=O) groups is 2. The van der Waals surface area contributed by atoms with Gasteiger partial charge in [-0.2, -0.15) is 0 Å². The maximum absolute atomic E-state index is 13.3. The van der Waals surface area contributed by atoms with E-state index in [1.807, 2.05) is 13.8 Å². The highest BCUT2D eigenvalue weighted by molar-refractivity contribution is 6.00. The summed E-state index contributed by atoms with van der Waals surface area (Å²) in [6.07, 6.45) is 0.375. The first-order valence-electron chi connectivity index (χ1n) is 6.63. The Morgan fingerprint density at radius 3 is 2.45 bits per heavy atom. The number of primary amides is 1. The van der Waals surface area contributed by atoms with E-state index in [4.69, 9.17) is 5.73 Å². The highest BCUT2D eigenvalue weighted by atomic mass is 19.1. The van der Waals surface area contributed by atoms with E-state index in [1.165, 1.54) is 12.1 Å². The van der Waals surface area contributed by atoms with Gasteiger partial charge in [-0.1, -0.05) is 26.8 Å². The largest absolute Gasteiger partial charge is 0.368 e. The molecular weight excluding hydrogens is 259 g/mol. The summed E-state index contributed by atoms with van der Waals surface area (Å²) in [4.78, 5) is 24.1. The molecule has 0 bridgehead atoms. The normalized spacial score (nSPS) is 13.9. The van der Waals surface area contributed by atoms with Gasteiger partial charge in [-0.25, -0.2) is 4.39 Å². The fourth-order valence-electron chi connectivity index (χ4n) is 2.27. The second-order valence-corrected chi connectivity index (χ2v) is 5.26. The number of benzene rings is 1. The predicted octanol–water partition coefficient (Wildman–Crippen LogP) is 2.15. The van der Waals surface area contributed by atoms with Crippen LogP contribution in [0.2, 0.25) is 0 Å². The molecule has 0 unspecified atom stereocenters. The molecule has 0 spiro atoms. The molecule has 2 amide bonds. The number of rotatable bonds is 5. The second kappa shape index (κ2) is 6.03. The molecule has 0 saturated carbocycles. The Hall–Kier alpha value is -1.91. The summed E-state index contributed by atoms with van der Waals surface area (Å²) in [7, 11) is 0. The lowest BCUT2D eigenvalue weighted by molar-refractivity contribution is -0.126. The van der Waals surface area contributed by atoms with Crippen molar-refractivity contribution >= 4 is 11.8 Å². The van der Waals surface area contributed by atoms with E-state index in [1.54, 1.807) is 13.8 Å². The number of nitrogens with two attached hydrogens (primary N) is 1. The van der Waals surface area contributed by atoms with Crippen molar-refractivity contribution in [1.29, 1.82) is 0 Å². The van der Waals surface area contributed by atoms with Crippen molar-refractivity contribution in [3.63, 3.8) is 0 Å². The lowest BCUT2D eigenvalue weighted by atomic mass is 9.82. The van der Waals surface area contributed by atoms with Crippen LogP contribution < -0.4 is 11.1 Å². The molecule has 0 aliphatic heterocycles. The van der Waals surface area contributed by atoms with E-state index in [2.05, 4.69) is 5.32 Å². The smallest absolute Gasteiger partial charge is 0.252 e. The Bertz CT molecular complexity index is 529. The van der Waals surface area contributed by atoms with Crippen molar-refractivity contribution in [2.24, 2.45) is 11.7 Å². The van der Waals surface area contributed by atoms with Crippen LogP contribution in [0, 0.1) is 18.7 Å². The van der Waals surface area contributed by atoms with Crippen LogP contribution in [0.15, 0.2) is 18.2 Å². The monoisotopic (exact) mass is 280 g/mol. The van der Waals surface area contributed by atoms with Crippen LogP contribution in [0.25, 0.3) is 0 Å². The molecule has 1 rings (SSSR count). The number of nitrogens with one attached hydrogen (secondary N) is 1. The molecule has 0 aliphatic rings. The highest BCUT2D eigenvalue weighted by Gasteiger charge is 2.40. The van der Waals surface area contributed by atoms with Gasteiger partial charge >= 0.3 is 0 Å². The van der Waals surface area contributed by atoms with E-state index in [0.29, 0.717) is 12.0 Å². The SMILES string of the molecule is CC[C@](NC(=O)c1cc(F)ccc1C)(C(N)=O)C(C)C. The zero-order valence-electron chi connectivity index (χ0n) is 12.3. The summed E-state index contributed by atoms with van der Waals surface area (Å²) in [6, 6.07) is 3.97. The Kier molecular flexibility index (Phi) is 4.87. The molecule has 0 heterocycles. The van der Waals surface area contributed by atoms with Crippen molar-refractivity contribution in [1.82, 2.24) is 5.32 Å². The Morgan fingerprint density at radius 1 is 1.40 bits per heavy atom. The van der Waals surface area contributed by atoms with E-state index >= 15 is 0 Å². The van der Waals surface area contributed by atoms with Crippen molar-refractivity contribution in [2.75, 3.05) is 0 Å². The molecule has 4 nitrogen and oxygen atoms in total. The molecule has 110 valence electrons. The zero-order valence-corrected chi connectivity index (χ0v) is 12.3. The van der Waals surface area contributed by atoms with Gasteiger partial charge in [-0.3, -0.25) is 9.59 Å². The van der Waals surface area contributed by atoms with Crippen LogP contribution in [0.1, 0.15) is 43.1 Å². The number of aryl methyl sites for hydroxylation is 1. The third kappa shape index (κ3) is 2.98. The first-order valence-corrected chi connectivity index (χ1v) is 6.63. The van der Waals surface area contributed by atoms with Gasteiger partial charge in [0, 0.05) is 5.56 Å². The Labute approximate surface area is 118 Å². The quantitative estimate of drug-likeness (QED) is 0.867. The maximum atomic E-state index is 13.3. The zero-order chi connectivity index (χ0) is 15.5. The molecule has 20 heavy (non-hydrogen) atoms.